The maximum Gasteiger partial charge on any atom is 0.296 e. The number of aryl methyl sites for hydroxylation is 2. The number of carbonyl (C=O) groups is 1. The summed E-state index contributed by atoms with van der Waals surface area (Å²) in [6, 6.07) is 5.64. The lowest BCUT2D eigenvalue weighted by atomic mass is 10.2. The van der Waals surface area contributed by atoms with Crippen LogP contribution in [0.15, 0.2) is 28.8 Å². The van der Waals surface area contributed by atoms with Crippen molar-refractivity contribution < 1.29 is 18.4 Å². The maximum absolute atomic E-state index is 13.3. The van der Waals surface area contributed by atoms with Gasteiger partial charge >= 0.3 is 0 Å². The summed E-state index contributed by atoms with van der Waals surface area (Å²) in [5.41, 5.74) is 1.25. The lowest BCUT2D eigenvalue weighted by Gasteiger charge is -2.09. The first kappa shape index (κ1) is 16.6. The minimum absolute atomic E-state index is 0.0218. The fraction of sp³-hybridized carbons (Fsp3) is 0.250. The first-order valence-corrected chi connectivity index (χ1v) is 7.59. The number of amides is 1. The molecule has 1 amide bonds. The molecule has 9 heteroatoms. The number of hydrogen-bond acceptors (Lipinski definition) is 6. The molecule has 0 saturated heterocycles. The molecule has 0 saturated carbocycles. The zero-order chi connectivity index (χ0) is 18.0. The van der Waals surface area contributed by atoms with Gasteiger partial charge in [0.15, 0.2) is 0 Å². The van der Waals surface area contributed by atoms with Crippen LogP contribution in [0, 0.1) is 19.7 Å². The van der Waals surface area contributed by atoms with E-state index in [2.05, 4.69) is 20.6 Å². The van der Waals surface area contributed by atoms with E-state index in [1.165, 1.54) is 22.9 Å². The minimum Gasteiger partial charge on any atom is -0.476 e. The average molecular weight is 345 g/mol. The molecular weight excluding hydrogens is 329 g/mol. The third-order valence-electron chi connectivity index (χ3n) is 3.33. The number of halogens is 1. The van der Waals surface area contributed by atoms with E-state index in [1.54, 1.807) is 26.8 Å². The average Bonchev–Trinajstić information content (AvgIpc) is 3.15. The van der Waals surface area contributed by atoms with Crippen LogP contribution in [-0.2, 0) is 0 Å². The van der Waals surface area contributed by atoms with Crippen molar-refractivity contribution in [1.29, 1.82) is 0 Å². The largest absolute Gasteiger partial charge is 0.476 e. The van der Waals surface area contributed by atoms with E-state index in [0.29, 0.717) is 23.7 Å². The molecule has 0 unspecified atom stereocenters. The highest BCUT2D eigenvalue weighted by Crippen LogP contribution is 2.20. The second-order valence-corrected chi connectivity index (χ2v) is 5.24. The van der Waals surface area contributed by atoms with E-state index in [-0.39, 0.29) is 23.4 Å². The molecule has 3 rings (SSSR count). The van der Waals surface area contributed by atoms with Crippen molar-refractivity contribution in [3.8, 4) is 11.6 Å². The first-order chi connectivity index (χ1) is 12.0. The van der Waals surface area contributed by atoms with Crippen molar-refractivity contribution in [2.45, 2.75) is 20.8 Å². The zero-order valence-corrected chi connectivity index (χ0v) is 13.9. The van der Waals surface area contributed by atoms with Gasteiger partial charge in [-0.2, -0.15) is 9.67 Å². The van der Waals surface area contributed by atoms with Crippen LogP contribution in [0.1, 0.15) is 28.9 Å². The van der Waals surface area contributed by atoms with Crippen LogP contribution >= 0.6 is 0 Å². The summed E-state index contributed by atoms with van der Waals surface area (Å²) in [5, 5.41) is 10.5. The summed E-state index contributed by atoms with van der Waals surface area (Å²) in [7, 11) is 0. The molecule has 0 aliphatic carbocycles. The molecular formula is C16H16FN5O3. The van der Waals surface area contributed by atoms with Gasteiger partial charge in [-0.15, -0.1) is 5.10 Å². The van der Waals surface area contributed by atoms with Crippen molar-refractivity contribution in [1.82, 2.24) is 19.9 Å². The lowest BCUT2D eigenvalue weighted by Crippen LogP contribution is -2.15. The smallest absolute Gasteiger partial charge is 0.296 e. The van der Waals surface area contributed by atoms with Gasteiger partial charge in [0.25, 0.3) is 11.8 Å². The van der Waals surface area contributed by atoms with Crippen molar-refractivity contribution in [3.63, 3.8) is 0 Å². The van der Waals surface area contributed by atoms with Crippen LogP contribution in [0.25, 0.3) is 5.69 Å². The van der Waals surface area contributed by atoms with Gasteiger partial charge in [0, 0.05) is 0 Å². The Balaban J connectivity index is 1.89. The van der Waals surface area contributed by atoms with Crippen LogP contribution in [0.5, 0.6) is 5.88 Å². The van der Waals surface area contributed by atoms with E-state index < -0.39 is 5.91 Å². The molecule has 0 spiro atoms. The molecule has 2 aromatic heterocycles. The summed E-state index contributed by atoms with van der Waals surface area (Å²) in [6.45, 7) is 5.63. The Bertz CT molecular complexity index is 918. The summed E-state index contributed by atoms with van der Waals surface area (Å²) >= 11 is 0. The van der Waals surface area contributed by atoms with E-state index in [9.17, 15) is 9.18 Å². The normalized spacial score (nSPS) is 10.7. The van der Waals surface area contributed by atoms with E-state index in [0.717, 1.165) is 0 Å². The molecule has 0 fully saturated rings. The van der Waals surface area contributed by atoms with Crippen LogP contribution in [0.3, 0.4) is 0 Å². The van der Waals surface area contributed by atoms with Crippen LogP contribution in [0.4, 0.5) is 10.3 Å². The molecule has 0 aliphatic rings. The number of benzene rings is 1. The van der Waals surface area contributed by atoms with E-state index in [1.807, 2.05) is 0 Å². The topological polar surface area (TPSA) is 95.1 Å². The predicted molar refractivity (Wildman–Crippen MR) is 86.4 cm³/mol. The van der Waals surface area contributed by atoms with Crippen LogP contribution < -0.4 is 10.1 Å². The Morgan fingerprint density at radius 3 is 2.88 bits per heavy atom. The number of nitrogens with zero attached hydrogens (tertiary/aromatic N) is 4. The molecule has 0 bridgehead atoms. The van der Waals surface area contributed by atoms with Gasteiger partial charge in [-0.25, -0.2) is 4.39 Å². The number of nitrogens with one attached hydrogen (secondary N) is 1. The Morgan fingerprint density at radius 1 is 1.36 bits per heavy atom. The van der Waals surface area contributed by atoms with Crippen molar-refractivity contribution in [2.24, 2.45) is 0 Å². The Hall–Kier alpha value is -3.23. The SMILES string of the molecule is CCOc1cc(C(=O)Nc2nc(C)nn2-c2ccc(F)cc2C)on1. The molecule has 0 radical (unpaired) electrons. The van der Waals surface area contributed by atoms with Gasteiger partial charge < -0.3 is 9.26 Å². The van der Waals surface area contributed by atoms with Crippen molar-refractivity contribution in [2.75, 3.05) is 11.9 Å². The predicted octanol–water partition coefficient (Wildman–Crippen LogP) is 2.66. The summed E-state index contributed by atoms with van der Waals surface area (Å²) in [6.07, 6.45) is 0. The molecule has 2 heterocycles. The quantitative estimate of drug-likeness (QED) is 0.764. The number of hydrogen-bond donors (Lipinski definition) is 1. The fourth-order valence-corrected chi connectivity index (χ4v) is 2.27. The molecule has 0 atom stereocenters. The second kappa shape index (κ2) is 6.71. The summed E-state index contributed by atoms with van der Waals surface area (Å²) in [4.78, 5) is 16.5. The number of rotatable bonds is 5. The highest BCUT2D eigenvalue weighted by atomic mass is 19.1. The number of anilines is 1. The second-order valence-electron chi connectivity index (χ2n) is 5.24. The van der Waals surface area contributed by atoms with Crippen LogP contribution in [0.2, 0.25) is 0 Å². The maximum atomic E-state index is 13.3. The molecule has 1 aromatic carbocycles. The van der Waals surface area contributed by atoms with Gasteiger partial charge in [-0.05, 0) is 49.7 Å². The van der Waals surface area contributed by atoms with Gasteiger partial charge in [-0.1, -0.05) is 0 Å². The number of ether oxygens (including phenoxy) is 1. The van der Waals surface area contributed by atoms with Crippen molar-refractivity contribution in [3.05, 3.63) is 47.2 Å². The Labute approximate surface area is 142 Å². The Kier molecular flexibility index (Phi) is 4.46. The van der Waals surface area contributed by atoms with Gasteiger partial charge in [0.05, 0.1) is 18.4 Å². The van der Waals surface area contributed by atoms with Crippen LogP contribution in [-0.4, -0.2) is 32.4 Å². The minimum atomic E-state index is -0.549. The molecule has 3 aromatic rings. The summed E-state index contributed by atoms with van der Waals surface area (Å²) in [5.74, 6) is -0.0648. The highest BCUT2D eigenvalue weighted by Gasteiger charge is 2.19. The van der Waals surface area contributed by atoms with Gasteiger partial charge in [0.1, 0.15) is 11.6 Å². The summed E-state index contributed by atoms with van der Waals surface area (Å²) < 4.78 is 24.9. The molecule has 0 aliphatic heterocycles. The Morgan fingerprint density at radius 2 is 2.16 bits per heavy atom. The molecule has 130 valence electrons. The molecule has 8 nitrogen and oxygen atoms in total. The number of aromatic nitrogens is 4. The van der Waals surface area contributed by atoms with Gasteiger partial charge in [0.2, 0.25) is 11.7 Å². The molecule has 25 heavy (non-hydrogen) atoms. The van der Waals surface area contributed by atoms with E-state index in [4.69, 9.17) is 9.26 Å². The van der Waals surface area contributed by atoms with E-state index >= 15 is 0 Å². The third kappa shape index (κ3) is 3.49. The first-order valence-electron chi connectivity index (χ1n) is 7.59. The molecule has 1 N–H and O–H groups in total. The fourth-order valence-electron chi connectivity index (χ4n) is 2.27. The third-order valence-corrected chi connectivity index (χ3v) is 3.33. The highest BCUT2D eigenvalue weighted by molar-refractivity contribution is 6.01. The zero-order valence-electron chi connectivity index (χ0n) is 13.9. The van der Waals surface area contributed by atoms with Crippen molar-refractivity contribution >= 4 is 11.9 Å². The standard InChI is InChI=1S/C16H16FN5O3/c1-4-24-14-8-13(25-21-14)15(23)19-16-18-10(3)20-22(16)12-6-5-11(17)7-9(12)2/h5-8H,4H2,1-3H3,(H,18,19,20,23). The number of carbonyl (C=O) groups excluding carboxylic acids is 1. The van der Waals surface area contributed by atoms with Gasteiger partial charge in [-0.3, -0.25) is 10.1 Å². The monoisotopic (exact) mass is 345 g/mol. The lowest BCUT2D eigenvalue weighted by molar-refractivity contribution is 0.0986.